The second-order valence-electron chi connectivity index (χ2n) is 5.87. The second kappa shape index (κ2) is 8.13. The summed E-state index contributed by atoms with van der Waals surface area (Å²) in [7, 11) is 0. The average molecular weight is 303 g/mol. The topological polar surface area (TPSA) is 37.0 Å². The second-order valence-corrected chi connectivity index (χ2v) is 6.28. The van der Waals surface area contributed by atoms with Crippen molar-refractivity contribution in [2.75, 3.05) is 11.9 Å². The Hall–Kier alpha value is -1.42. The average Bonchev–Trinajstić information content (AvgIpc) is 2.48. The van der Waals surface area contributed by atoms with E-state index in [0.717, 1.165) is 18.8 Å². The highest BCUT2D eigenvalue weighted by Crippen LogP contribution is 2.19. The first-order valence-corrected chi connectivity index (χ1v) is 8.24. The van der Waals surface area contributed by atoms with Crippen LogP contribution in [0, 0.1) is 0 Å². The lowest BCUT2D eigenvalue weighted by atomic mass is 9.97. The van der Waals surface area contributed by atoms with Gasteiger partial charge in [0.15, 0.2) is 5.11 Å². The van der Waals surface area contributed by atoms with Crippen LogP contribution in [-0.2, 0) is 0 Å². The van der Waals surface area contributed by atoms with E-state index in [0.29, 0.717) is 11.0 Å². The largest absolute Gasteiger partial charge is 0.362 e. The minimum absolute atomic E-state index is 0.494. The maximum absolute atomic E-state index is 5.33. The van der Waals surface area contributed by atoms with Gasteiger partial charge >= 0.3 is 0 Å². The molecule has 0 radical (unpaired) electrons. The molecule has 0 fully saturated rings. The number of anilines is 1. The van der Waals surface area contributed by atoms with E-state index in [4.69, 9.17) is 12.2 Å². The predicted octanol–water partition coefficient (Wildman–Crippen LogP) is 4.38. The highest BCUT2D eigenvalue weighted by Gasteiger charge is 2.05. The van der Waals surface area contributed by atoms with Gasteiger partial charge in [0.2, 0.25) is 0 Å². The van der Waals surface area contributed by atoms with Crippen molar-refractivity contribution < 1.29 is 0 Å². The molecule has 1 aromatic heterocycles. The number of thiocarbonyl (C=S) groups is 1. The van der Waals surface area contributed by atoms with Gasteiger partial charge in [-0.15, -0.1) is 0 Å². The Bertz CT molecular complexity index is 509. The zero-order valence-electron chi connectivity index (χ0n) is 13.0. The van der Waals surface area contributed by atoms with E-state index in [9.17, 15) is 0 Å². The molecular weight excluding hydrogens is 278 g/mol. The molecule has 2 N–H and O–H groups in total. The minimum Gasteiger partial charge on any atom is -0.362 e. The van der Waals surface area contributed by atoms with Crippen molar-refractivity contribution in [2.24, 2.45) is 0 Å². The third-order valence-electron chi connectivity index (χ3n) is 3.81. The van der Waals surface area contributed by atoms with Gasteiger partial charge in [0.05, 0.1) is 0 Å². The first-order chi connectivity index (χ1) is 10.1. The third kappa shape index (κ3) is 5.46. The number of nitrogens with zero attached hydrogens (tertiary/aromatic N) is 1. The fraction of sp³-hybridized carbons (Fsp3) is 0.529. The van der Waals surface area contributed by atoms with Crippen molar-refractivity contribution in [2.45, 2.75) is 51.9 Å². The van der Waals surface area contributed by atoms with Crippen LogP contribution in [0.2, 0.25) is 0 Å². The van der Waals surface area contributed by atoms with Crippen LogP contribution in [0.4, 0.5) is 5.82 Å². The van der Waals surface area contributed by atoms with Crippen molar-refractivity contribution in [3.8, 4) is 0 Å². The van der Waals surface area contributed by atoms with Crippen molar-refractivity contribution in [1.82, 2.24) is 10.3 Å². The van der Waals surface area contributed by atoms with Crippen LogP contribution in [-0.4, -0.2) is 16.6 Å². The summed E-state index contributed by atoms with van der Waals surface area (Å²) in [6.45, 7) is 5.24. The zero-order valence-corrected chi connectivity index (χ0v) is 13.8. The molecule has 1 heterocycles. The Morgan fingerprint density at radius 2 is 2.24 bits per heavy atom. The fourth-order valence-electron chi connectivity index (χ4n) is 2.50. The summed E-state index contributed by atoms with van der Waals surface area (Å²) in [5, 5.41) is 7.08. The lowest BCUT2D eigenvalue weighted by Crippen LogP contribution is -2.29. The van der Waals surface area contributed by atoms with Gasteiger partial charge in [-0.25, -0.2) is 4.98 Å². The number of nitrogens with one attached hydrogen (secondary N) is 2. The molecule has 0 aromatic carbocycles. The summed E-state index contributed by atoms with van der Waals surface area (Å²) < 4.78 is 0. The molecule has 1 aliphatic carbocycles. The fourth-order valence-corrected chi connectivity index (χ4v) is 2.71. The Morgan fingerprint density at radius 1 is 1.38 bits per heavy atom. The summed E-state index contributed by atoms with van der Waals surface area (Å²) in [4.78, 5) is 4.31. The third-order valence-corrected chi connectivity index (χ3v) is 4.06. The molecule has 0 aliphatic heterocycles. The lowest BCUT2D eigenvalue weighted by Gasteiger charge is -2.14. The quantitative estimate of drug-likeness (QED) is 0.625. The molecule has 0 saturated heterocycles. The maximum atomic E-state index is 5.33. The van der Waals surface area contributed by atoms with E-state index in [1.165, 1.54) is 31.2 Å². The van der Waals surface area contributed by atoms with Crippen molar-refractivity contribution >= 4 is 23.1 Å². The van der Waals surface area contributed by atoms with Gasteiger partial charge < -0.3 is 10.6 Å². The van der Waals surface area contributed by atoms with Gasteiger partial charge in [0, 0.05) is 12.7 Å². The van der Waals surface area contributed by atoms with Gasteiger partial charge in [-0.05, 0) is 67.9 Å². The first kappa shape index (κ1) is 16.0. The highest BCUT2D eigenvalue weighted by molar-refractivity contribution is 7.80. The number of allylic oxidation sites excluding steroid dienone is 1. The number of pyridine rings is 1. The lowest BCUT2D eigenvalue weighted by molar-refractivity contribution is 0.669. The molecule has 0 spiro atoms. The van der Waals surface area contributed by atoms with Crippen LogP contribution in [0.5, 0.6) is 0 Å². The maximum Gasteiger partial charge on any atom is 0.171 e. The molecule has 0 saturated carbocycles. The molecular formula is C17H25N3S. The normalized spacial score (nSPS) is 14.7. The van der Waals surface area contributed by atoms with Gasteiger partial charge in [-0.3, -0.25) is 0 Å². The zero-order chi connectivity index (χ0) is 15.1. The molecule has 0 unspecified atom stereocenters. The molecule has 114 valence electrons. The molecule has 0 bridgehead atoms. The standard InChI is InChI=1S/C17H25N3S/c1-13(2)15-9-11-18-16(12-15)20-17(21)19-10-8-14-6-4-3-5-7-14/h6,9,11-13H,3-5,7-8,10H2,1-2H3,(H2,18,19,20,21). The molecule has 2 rings (SSSR count). The van der Waals surface area contributed by atoms with Crippen LogP contribution >= 0.6 is 12.2 Å². The van der Waals surface area contributed by atoms with E-state index < -0.39 is 0 Å². The Kier molecular flexibility index (Phi) is 6.18. The first-order valence-electron chi connectivity index (χ1n) is 7.84. The van der Waals surface area contributed by atoms with Crippen LogP contribution in [0.15, 0.2) is 30.0 Å². The van der Waals surface area contributed by atoms with Gasteiger partial charge in [-0.1, -0.05) is 25.5 Å². The molecule has 21 heavy (non-hydrogen) atoms. The number of rotatable bonds is 5. The molecule has 0 amide bonds. The van der Waals surface area contributed by atoms with Crippen LogP contribution in [0.3, 0.4) is 0 Å². The minimum atomic E-state index is 0.494. The summed E-state index contributed by atoms with van der Waals surface area (Å²) in [5.41, 5.74) is 2.83. The smallest absolute Gasteiger partial charge is 0.171 e. The predicted molar refractivity (Wildman–Crippen MR) is 93.7 cm³/mol. The van der Waals surface area contributed by atoms with E-state index in [-0.39, 0.29) is 0 Å². The summed E-state index contributed by atoms with van der Waals surface area (Å²) in [5.74, 6) is 1.31. The number of hydrogen-bond donors (Lipinski definition) is 2. The van der Waals surface area contributed by atoms with Crippen LogP contribution < -0.4 is 10.6 Å². The van der Waals surface area contributed by atoms with E-state index in [2.05, 4.69) is 41.6 Å². The Labute approximate surface area is 133 Å². The van der Waals surface area contributed by atoms with Crippen molar-refractivity contribution in [3.05, 3.63) is 35.5 Å². The summed E-state index contributed by atoms with van der Waals surface area (Å²) in [6.07, 6.45) is 10.5. The van der Waals surface area contributed by atoms with Crippen LogP contribution in [0.25, 0.3) is 0 Å². The van der Waals surface area contributed by atoms with E-state index >= 15 is 0 Å². The highest BCUT2D eigenvalue weighted by atomic mass is 32.1. The Morgan fingerprint density at radius 3 is 2.95 bits per heavy atom. The van der Waals surface area contributed by atoms with E-state index in [1.54, 1.807) is 5.57 Å². The number of aromatic nitrogens is 1. The monoisotopic (exact) mass is 303 g/mol. The summed E-state index contributed by atoms with van der Waals surface area (Å²) >= 11 is 5.33. The molecule has 3 nitrogen and oxygen atoms in total. The van der Waals surface area contributed by atoms with E-state index in [1.807, 2.05) is 12.3 Å². The van der Waals surface area contributed by atoms with Gasteiger partial charge in [-0.2, -0.15) is 0 Å². The summed E-state index contributed by atoms with van der Waals surface area (Å²) in [6, 6.07) is 4.10. The Balaban J connectivity index is 1.76. The molecule has 4 heteroatoms. The molecule has 1 aromatic rings. The molecule has 0 atom stereocenters. The van der Waals surface area contributed by atoms with Crippen molar-refractivity contribution in [1.29, 1.82) is 0 Å². The number of hydrogen-bond acceptors (Lipinski definition) is 2. The van der Waals surface area contributed by atoms with Crippen LogP contribution in [0.1, 0.15) is 57.4 Å². The van der Waals surface area contributed by atoms with Gasteiger partial charge in [0.1, 0.15) is 5.82 Å². The van der Waals surface area contributed by atoms with Crippen molar-refractivity contribution in [3.63, 3.8) is 0 Å². The SMILES string of the molecule is CC(C)c1ccnc(NC(=S)NCCC2=CCCCC2)c1. The van der Waals surface area contributed by atoms with Gasteiger partial charge in [0.25, 0.3) is 0 Å². The molecule has 1 aliphatic rings.